The molecule has 0 saturated carbocycles. The van der Waals surface area contributed by atoms with Crippen molar-refractivity contribution in [3.63, 3.8) is 0 Å². The summed E-state index contributed by atoms with van der Waals surface area (Å²) in [5, 5.41) is 4.17. The Kier molecular flexibility index (Phi) is 6.64. The molecule has 0 aliphatic heterocycles. The van der Waals surface area contributed by atoms with Crippen LogP contribution in [0.4, 0.5) is 5.69 Å². The van der Waals surface area contributed by atoms with Gasteiger partial charge < -0.3 is 14.2 Å². The lowest BCUT2D eigenvalue weighted by Crippen LogP contribution is -2.15. The second-order valence-corrected chi connectivity index (χ2v) is 4.74. The molecule has 2 aromatic rings. The van der Waals surface area contributed by atoms with Crippen LogP contribution in [0.25, 0.3) is 0 Å². The number of anilines is 1. The number of carbonyl (C=O) groups excluding carboxylic acids is 1. The van der Waals surface area contributed by atoms with Gasteiger partial charge in [0, 0.05) is 0 Å². The van der Waals surface area contributed by atoms with E-state index < -0.39 is 5.97 Å². The van der Waals surface area contributed by atoms with E-state index in [1.807, 2.05) is 36.4 Å². The van der Waals surface area contributed by atoms with Crippen LogP contribution in [0.2, 0.25) is 0 Å². The zero-order valence-corrected chi connectivity index (χ0v) is 13.7. The minimum Gasteiger partial charge on any atom is -0.493 e. The van der Waals surface area contributed by atoms with E-state index in [1.165, 1.54) is 7.11 Å². The number of carbonyl (C=O) groups is 1. The van der Waals surface area contributed by atoms with Crippen LogP contribution in [0, 0.1) is 0 Å². The molecule has 0 aromatic heterocycles. The number of hydrazone groups is 1. The maximum Gasteiger partial charge on any atom is 0.344 e. The van der Waals surface area contributed by atoms with Crippen LogP contribution in [-0.4, -0.2) is 32.5 Å². The molecule has 0 bridgehead atoms. The van der Waals surface area contributed by atoms with Crippen molar-refractivity contribution in [1.82, 2.24) is 0 Å². The quantitative estimate of drug-likeness (QED) is 0.458. The van der Waals surface area contributed by atoms with E-state index in [9.17, 15) is 4.79 Å². The fourth-order valence-corrected chi connectivity index (χ4v) is 1.92. The highest BCUT2D eigenvalue weighted by atomic mass is 16.6. The predicted molar refractivity (Wildman–Crippen MR) is 92.8 cm³/mol. The maximum atomic E-state index is 11.4. The molecule has 0 unspecified atom stereocenters. The van der Waals surface area contributed by atoms with E-state index in [2.05, 4.69) is 10.5 Å². The third-order valence-electron chi connectivity index (χ3n) is 3.02. The van der Waals surface area contributed by atoms with E-state index in [1.54, 1.807) is 25.3 Å². The summed E-state index contributed by atoms with van der Waals surface area (Å²) in [6.07, 6.45) is 1.66. The number of ether oxygens (including phenoxy) is 3. The van der Waals surface area contributed by atoms with Gasteiger partial charge in [-0.3, -0.25) is 5.43 Å². The summed E-state index contributed by atoms with van der Waals surface area (Å²) in [5.74, 6) is 0.561. The molecule has 0 heterocycles. The summed E-state index contributed by atoms with van der Waals surface area (Å²) in [5.41, 5.74) is 4.63. The zero-order valence-electron chi connectivity index (χ0n) is 13.7. The molecule has 126 valence electrons. The first-order valence-corrected chi connectivity index (χ1v) is 7.53. The van der Waals surface area contributed by atoms with Gasteiger partial charge in [0.2, 0.25) is 0 Å². The Morgan fingerprint density at radius 1 is 1.17 bits per heavy atom. The van der Waals surface area contributed by atoms with Crippen molar-refractivity contribution in [3.05, 3.63) is 54.1 Å². The van der Waals surface area contributed by atoms with Gasteiger partial charge in [0.15, 0.2) is 18.1 Å². The van der Waals surface area contributed by atoms with Crippen molar-refractivity contribution in [3.8, 4) is 11.5 Å². The molecule has 2 aromatic carbocycles. The number of methoxy groups -OCH3 is 1. The highest BCUT2D eigenvalue weighted by Gasteiger charge is 2.08. The minimum atomic E-state index is -0.427. The molecule has 6 heteroatoms. The highest BCUT2D eigenvalue weighted by Crippen LogP contribution is 2.27. The van der Waals surface area contributed by atoms with Crippen molar-refractivity contribution < 1.29 is 19.0 Å². The summed E-state index contributed by atoms with van der Waals surface area (Å²) >= 11 is 0. The number of hydrogen-bond acceptors (Lipinski definition) is 6. The summed E-state index contributed by atoms with van der Waals surface area (Å²) < 4.78 is 15.5. The number of rotatable bonds is 8. The van der Waals surface area contributed by atoms with E-state index in [0.717, 1.165) is 11.3 Å². The molecule has 2 rings (SSSR count). The van der Waals surface area contributed by atoms with Crippen molar-refractivity contribution in [1.29, 1.82) is 0 Å². The second-order valence-electron chi connectivity index (χ2n) is 4.74. The van der Waals surface area contributed by atoms with Crippen LogP contribution in [0.15, 0.2) is 53.6 Å². The molecular weight excluding hydrogens is 308 g/mol. The molecule has 0 atom stereocenters. The lowest BCUT2D eigenvalue weighted by Gasteiger charge is -2.10. The van der Waals surface area contributed by atoms with E-state index >= 15 is 0 Å². The van der Waals surface area contributed by atoms with Crippen molar-refractivity contribution >= 4 is 17.9 Å². The van der Waals surface area contributed by atoms with Gasteiger partial charge in [0.25, 0.3) is 0 Å². The Morgan fingerprint density at radius 2 is 1.96 bits per heavy atom. The van der Waals surface area contributed by atoms with Gasteiger partial charge in [0.05, 0.1) is 25.6 Å². The van der Waals surface area contributed by atoms with Crippen molar-refractivity contribution in [2.24, 2.45) is 5.10 Å². The minimum absolute atomic E-state index is 0.174. The third-order valence-corrected chi connectivity index (χ3v) is 3.02. The van der Waals surface area contributed by atoms with Gasteiger partial charge in [-0.25, -0.2) is 4.79 Å². The maximum absolute atomic E-state index is 11.4. The summed E-state index contributed by atoms with van der Waals surface area (Å²) in [4.78, 5) is 11.4. The Hall–Kier alpha value is -3.02. The normalized spacial score (nSPS) is 10.4. The number of nitrogens with zero attached hydrogens (tertiary/aromatic N) is 1. The van der Waals surface area contributed by atoms with Crippen LogP contribution in [0.5, 0.6) is 11.5 Å². The number of nitrogens with one attached hydrogen (secondary N) is 1. The van der Waals surface area contributed by atoms with Gasteiger partial charge in [-0.2, -0.15) is 5.10 Å². The first-order valence-electron chi connectivity index (χ1n) is 7.53. The molecule has 0 aliphatic rings. The molecule has 24 heavy (non-hydrogen) atoms. The largest absolute Gasteiger partial charge is 0.493 e. The fourth-order valence-electron chi connectivity index (χ4n) is 1.92. The van der Waals surface area contributed by atoms with Crippen LogP contribution in [-0.2, 0) is 9.53 Å². The smallest absolute Gasteiger partial charge is 0.344 e. The number of benzene rings is 2. The third kappa shape index (κ3) is 5.31. The first kappa shape index (κ1) is 17.3. The van der Waals surface area contributed by atoms with Crippen LogP contribution in [0.3, 0.4) is 0 Å². The molecule has 0 amide bonds. The number of esters is 1. The van der Waals surface area contributed by atoms with E-state index in [0.29, 0.717) is 18.1 Å². The molecule has 1 N–H and O–H groups in total. The molecule has 6 nitrogen and oxygen atoms in total. The van der Waals surface area contributed by atoms with Gasteiger partial charge in [-0.1, -0.05) is 18.2 Å². The SMILES string of the molecule is CCOC(=O)COc1cc(C=NNc2ccccc2)ccc1OC. The first-order chi connectivity index (χ1) is 11.7. The van der Waals surface area contributed by atoms with Crippen LogP contribution in [0.1, 0.15) is 12.5 Å². The second kappa shape index (κ2) is 9.19. The Morgan fingerprint density at radius 3 is 2.67 bits per heavy atom. The molecule has 0 radical (unpaired) electrons. The lowest BCUT2D eigenvalue weighted by molar-refractivity contribution is -0.145. The fraction of sp³-hybridized carbons (Fsp3) is 0.222. The number of para-hydroxylation sites is 1. The Balaban J connectivity index is 2.02. The summed E-state index contributed by atoms with van der Waals surface area (Å²) in [7, 11) is 1.54. The zero-order chi connectivity index (χ0) is 17.2. The van der Waals surface area contributed by atoms with Gasteiger partial charge in [-0.05, 0) is 42.8 Å². The van der Waals surface area contributed by atoms with Crippen LogP contribution < -0.4 is 14.9 Å². The molecule has 0 spiro atoms. The Bertz CT molecular complexity index is 687. The monoisotopic (exact) mass is 328 g/mol. The van der Waals surface area contributed by atoms with E-state index in [4.69, 9.17) is 14.2 Å². The van der Waals surface area contributed by atoms with Crippen LogP contribution >= 0.6 is 0 Å². The molecule has 0 saturated heterocycles. The summed E-state index contributed by atoms with van der Waals surface area (Å²) in [6, 6.07) is 15.0. The average Bonchev–Trinajstić information content (AvgIpc) is 2.61. The summed E-state index contributed by atoms with van der Waals surface area (Å²) in [6.45, 7) is 1.89. The Labute approximate surface area is 141 Å². The van der Waals surface area contributed by atoms with E-state index in [-0.39, 0.29) is 6.61 Å². The van der Waals surface area contributed by atoms with Gasteiger partial charge >= 0.3 is 5.97 Å². The molecule has 0 aliphatic carbocycles. The predicted octanol–water partition coefficient (Wildman–Crippen LogP) is 3.08. The van der Waals surface area contributed by atoms with Gasteiger partial charge in [-0.15, -0.1) is 0 Å². The number of hydrogen-bond donors (Lipinski definition) is 1. The lowest BCUT2D eigenvalue weighted by atomic mass is 10.2. The average molecular weight is 328 g/mol. The standard InChI is InChI=1S/C18H20N2O4/c1-3-23-18(21)13-24-17-11-14(9-10-16(17)22-2)12-19-20-15-7-5-4-6-8-15/h4-12,20H,3,13H2,1-2H3. The van der Waals surface area contributed by atoms with Gasteiger partial charge in [0.1, 0.15) is 0 Å². The van der Waals surface area contributed by atoms with Crippen molar-refractivity contribution in [2.45, 2.75) is 6.92 Å². The molecular formula is C18H20N2O4. The molecule has 0 fully saturated rings. The highest BCUT2D eigenvalue weighted by molar-refractivity contribution is 5.81. The van der Waals surface area contributed by atoms with Crippen molar-refractivity contribution in [2.75, 3.05) is 25.7 Å². The topological polar surface area (TPSA) is 69.2 Å².